The molecule has 0 saturated carbocycles. The average Bonchev–Trinajstić information content (AvgIpc) is 2.02. The van der Waals surface area contributed by atoms with Crippen LogP contribution in [-0.4, -0.2) is 10.5 Å². The summed E-state index contributed by atoms with van der Waals surface area (Å²) in [6, 6.07) is 4.15. The zero-order chi connectivity index (χ0) is 9.42. The zero-order valence-electron chi connectivity index (χ0n) is 7.79. The van der Waals surface area contributed by atoms with Crippen LogP contribution in [-0.2, 0) is 16.9 Å². The van der Waals surface area contributed by atoms with Gasteiger partial charge in [-0.15, -0.1) is 0 Å². The molecule has 1 heterocycles. The lowest BCUT2D eigenvalue weighted by molar-refractivity contribution is 0.362. The summed E-state index contributed by atoms with van der Waals surface area (Å²) in [5.74, 6) is 1.92. The van der Waals surface area contributed by atoms with Crippen LogP contribution < -0.4 is 4.74 Å². The third-order valence-corrected chi connectivity index (χ3v) is 3.16. The first-order valence-electron chi connectivity index (χ1n) is 4.25. The van der Waals surface area contributed by atoms with Gasteiger partial charge in [-0.3, -0.25) is 0 Å². The molecule has 0 aromatic heterocycles. The Kier molecular flexibility index (Phi) is 2.22. The molecule has 0 saturated heterocycles. The van der Waals surface area contributed by atoms with E-state index in [0.717, 1.165) is 16.9 Å². The number of rotatable bonds is 0. The Labute approximate surface area is 81.1 Å². The highest BCUT2D eigenvalue weighted by atomic mass is 32.2. The van der Waals surface area contributed by atoms with Crippen molar-refractivity contribution in [3.8, 4) is 5.75 Å². The minimum Gasteiger partial charge on any atom is -0.613 e. The van der Waals surface area contributed by atoms with Crippen molar-refractivity contribution in [3.05, 3.63) is 28.8 Å². The van der Waals surface area contributed by atoms with Gasteiger partial charge in [0.25, 0.3) is 0 Å². The number of ether oxygens (including phenoxy) is 1. The average molecular weight is 196 g/mol. The number of benzene rings is 1. The maximum absolute atomic E-state index is 11.2. The molecule has 2 rings (SSSR count). The van der Waals surface area contributed by atoms with Gasteiger partial charge in [-0.1, -0.05) is 11.6 Å². The van der Waals surface area contributed by atoms with E-state index in [1.165, 1.54) is 5.56 Å². The van der Waals surface area contributed by atoms with E-state index < -0.39 is 11.2 Å². The molecule has 0 fully saturated rings. The molecule has 0 radical (unpaired) electrons. The molecule has 1 aromatic rings. The molecule has 70 valence electrons. The fourth-order valence-electron chi connectivity index (χ4n) is 1.70. The Morgan fingerprint density at radius 1 is 1.38 bits per heavy atom. The molecule has 0 N–H and O–H groups in total. The van der Waals surface area contributed by atoms with E-state index in [9.17, 15) is 4.55 Å². The minimum absolute atomic E-state index is 0.344. The Hall–Kier alpha value is -0.670. The lowest BCUT2D eigenvalue weighted by Gasteiger charge is -2.22. The third kappa shape index (κ3) is 1.67. The van der Waals surface area contributed by atoms with Crippen molar-refractivity contribution in [2.75, 3.05) is 5.94 Å². The summed E-state index contributed by atoms with van der Waals surface area (Å²) in [4.78, 5) is 0. The van der Waals surface area contributed by atoms with Crippen molar-refractivity contribution in [3.63, 3.8) is 0 Å². The molecule has 1 aliphatic rings. The highest BCUT2D eigenvalue weighted by Crippen LogP contribution is 2.30. The van der Waals surface area contributed by atoms with Gasteiger partial charge in [0.2, 0.25) is 5.94 Å². The van der Waals surface area contributed by atoms with Gasteiger partial charge < -0.3 is 9.29 Å². The standard InChI is InChI=1S/C10H12O2S/c1-7-3-8(2)10-9(4-7)5-13(11)6-12-10/h3-4H,5-6H2,1-2H3. The Morgan fingerprint density at radius 2 is 2.15 bits per heavy atom. The number of hydrogen-bond donors (Lipinski definition) is 0. The van der Waals surface area contributed by atoms with Crippen LogP contribution in [0.4, 0.5) is 0 Å². The molecule has 1 aromatic carbocycles. The Morgan fingerprint density at radius 3 is 2.92 bits per heavy atom. The normalized spacial score (nSPS) is 20.7. The molecular formula is C10H12O2S. The molecule has 1 unspecified atom stereocenters. The SMILES string of the molecule is Cc1cc(C)c2c(c1)C[S+]([O-])CO2. The second-order valence-electron chi connectivity index (χ2n) is 3.42. The first-order valence-corrected chi connectivity index (χ1v) is 5.73. The molecular weight excluding hydrogens is 184 g/mol. The second kappa shape index (κ2) is 3.24. The molecule has 0 spiro atoms. The molecule has 1 atom stereocenters. The van der Waals surface area contributed by atoms with Crippen LogP contribution in [0.1, 0.15) is 16.7 Å². The van der Waals surface area contributed by atoms with E-state index in [1.807, 2.05) is 13.8 Å². The maximum Gasteiger partial charge on any atom is 0.245 e. The van der Waals surface area contributed by atoms with Crippen molar-refractivity contribution in [2.45, 2.75) is 19.6 Å². The molecule has 13 heavy (non-hydrogen) atoms. The number of hydrogen-bond acceptors (Lipinski definition) is 2. The van der Waals surface area contributed by atoms with Crippen LogP contribution in [0.3, 0.4) is 0 Å². The fourth-order valence-corrected chi connectivity index (χ4v) is 2.59. The fraction of sp³-hybridized carbons (Fsp3) is 0.400. The van der Waals surface area contributed by atoms with Gasteiger partial charge in [-0.2, -0.15) is 0 Å². The van der Waals surface area contributed by atoms with Crippen LogP contribution in [0.5, 0.6) is 5.75 Å². The lowest BCUT2D eigenvalue weighted by atomic mass is 10.1. The van der Waals surface area contributed by atoms with Gasteiger partial charge >= 0.3 is 0 Å². The summed E-state index contributed by atoms with van der Waals surface area (Å²) in [5, 5.41) is 0. The van der Waals surface area contributed by atoms with Crippen molar-refractivity contribution in [1.82, 2.24) is 0 Å². The predicted octanol–water partition coefficient (Wildman–Crippen LogP) is 1.90. The molecule has 0 amide bonds. The summed E-state index contributed by atoms with van der Waals surface area (Å²) in [6.45, 7) is 4.07. The Balaban J connectivity index is 2.47. The maximum atomic E-state index is 11.2. The second-order valence-corrected chi connectivity index (χ2v) is 4.82. The summed E-state index contributed by atoms with van der Waals surface area (Å²) < 4.78 is 16.7. The molecule has 0 bridgehead atoms. The Bertz CT molecular complexity index is 336. The minimum atomic E-state index is -0.840. The van der Waals surface area contributed by atoms with Gasteiger partial charge in [0.1, 0.15) is 11.5 Å². The van der Waals surface area contributed by atoms with E-state index in [2.05, 4.69) is 12.1 Å². The van der Waals surface area contributed by atoms with Crippen molar-refractivity contribution in [1.29, 1.82) is 0 Å². The quantitative estimate of drug-likeness (QED) is 0.594. The summed E-state index contributed by atoms with van der Waals surface area (Å²) in [6.07, 6.45) is 0. The van der Waals surface area contributed by atoms with Crippen molar-refractivity contribution >= 4 is 11.2 Å². The molecule has 0 aliphatic carbocycles. The van der Waals surface area contributed by atoms with Crippen LogP contribution in [0.2, 0.25) is 0 Å². The van der Waals surface area contributed by atoms with E-state index in [0.29, 0.717) is 11.7 Å². The smallest absolute Gasteiger partial charge is 0.245 e. The van der Waals surface area contributed by atoms with Crippen LogP contribution in [0.15, 0.2) is 12.1 Å². The highest BCUT2D eigenvalue weighted by molar-refractivity contribution is 7.90. The topological polar surface area (TPSA) is 32.3 Å². The van der Waals surface area contributed by atoms with Gasteiger partial charge in [-0.05, 0) is 36.7 Å². The van der Waals surface area contributed by atoms with Crippen LogP contribution >= 0.6 is 0 Å². The largest absolute Gasteiger partial charge is 0.613 e. The highest BCUT2D eigenvalue weighted by Gasteiger charge is 2.21. The predicted molar refractivity (Wildman–Crippen MR) is 53.3 cm³/mol. The van der Waals surface area contributed by atoms with E-state index in [4.69, 9.17) is 4.74 Å². The van der Waals surface area contributed by atoms with E-state index in [-0.39, 0.29) is 0 Å². The lowest BCUT2D eigenvalue weighted by Crippen LogP contribution is -2.21. The van der Waals surface area contributed by atoms with Gasteiger partial charge in [0.15, 0.2) is 0 Å². The number of aryl methyl sites for hydroxylation is 2. The number of fused-ring (bicyclic) bond motifs is 1. The van der Waals surface area contributed by atoms with Crippen LogP contribution in [0.25, 0.3) is 0 Å². The molecule has 2 nitrogen and oxygen atoms in total. The summed E-state index contributed by atoms with van der Waals surface area (Å²) in [7, 11) is 0. The third-order valence-electron chi connectivity index (χ3n) is 2.15. The van der Waals surface area contributed by atoms with Gasteiger partial charge in [0, 0.05) is 5.56 Å². The first kappa shape index (κ1) is 8.91. The summed E-state index contributed by atoms with van der Waals surface area (Å²) in [5.41, 5.74) is 3.44. The van der Waals surface area contributed by atoms with Crippen molar-refractivity contribution in [2.24, 2.45) is 0 Å². The first-order chi connectivity index (χ1) is 6.16. The zero-order valence-corrected chi connectivity index (χ0v) is 8.61. The van der Waals surface area contributed by atoms with Crippen LogP contribution in [0, 0.1) is 13.8 Å². The molecule has 3 heteroatoms. The summed E-state index contributed by atoms with van der Waals surface area (Å²) >= 11 is -0.840. The van der Waals surface area contributed by atoms with Gasteiger partial charge in [-0.25, -0.2) is 0 Å². The van der Waals surface area contributed by atoms with E-state index in [1.54, 1.807) is 0 Å². The molecule has 1 aliphatic heterocycles. The van der Waals surface area contributed by atoms with Crippen molar-refractivity contribution < 1.29 is 9.29 Å². The monoisotopic (exact) mass is 196 g/mol. The van der Waals surface area contributed by atoms with Gasteiger partial charge in [0.05, 0.1) is 0 Å². The van der Waals surface area contributed by atoms with E-state index >= 15 is 0 Å².